The average molecular weight is 280 g/mol. The third kappa shape index (κ3) is 3.25. The molecule has 0 radical (unpaired) electrons. The van der Waals surface area contributed by atoms with Crippen molar-refractivity contribution in [2.24, 2.45) is 0 Å². The summed E-state index contributed by atoms with van der Waals surface area (Å²) in [6.45, 7) is 1.54. The van der Waals surface area contributed by atoms with E-state index in [1.807, 2.05) is 12.1 Å². The number of ketones is 1. The Morgan fingerprint density at radius 1 is 0.944 bits per heavy atom. The van der Waals surface area contributed by atoms with Crippen LogP contribution in [0.15, 0.2) is 42.5 Å². The van der Waals surface area contributed by atoms with Crippen LogP contribution in [0.1, 0.15) is 17.3 Å². The lowest BCUT2D eigenvalue weighted by atomic mass is 10.1. The van der Waals surface area contributed by atoms with Gasteiger partial charge in [0.05, 0.1) is 0 Å². The first-order valence-corrected chi connectivity index (χ1v) is 6.14. The standard InChI is InChI=1S/C14H11Cl2NO/c1-9(18)10-2-4-13(5-3-10)17-14-7-11(15)6-12(16)8-14/h2-8,17H,1H3. The summed E-state index contributed by atoms with van der Waals surface area (Å²) in [5, 5.41) is 4.32. The van der Waals surface area contributed by atoms with Gasteiger partial charge in [-0.3, -0.25) is 4.79 Å². The molecule has 0 atom stereocenters. The van der Waals surface area contributed by atoms with Crippen LogP contribution in [-0.4, -0.2) is 5.78 Å². The lowest BCUT2D eigenvalue weighted by molar-refractivity contribution is 0.101. The molecule has 4 heteroatoms. The Balaban J connectivity index is 2.20. The molecule has 0 saturated heterocycles. The molecule has 0 aliphatic carbocycles. The minimum Gasteiger partial charge on any atom is -0.355 e. The lowest BCUT2D eigenvalue weighted by Crippen LogP contribution is -1.94. The maximum atomic E-state index is 11.1. The predicted octanol–water partition coefficient (Wildman–Crippen LogP) is 4.94. The van der Waals surface area contributed by atoms with Crippen molar-refractivity contribution in [3.05, 3.63) is 58.1 Å². The maximum Gasteiger partial charge on any atom is 0.159 e. The molecule has 2 aromatic carbocycles. The fourth-order valence-electron chi connectivity index (χ4n) is 1.58. The van der Waals surface area contributed by atoms with Gasteiger partial charge in [0.25, 0.3) is 0 Å². The zero-order valence-electron chi connectivity index (χ0n) is 9.71. The van der Waals surface area contributed by atoms with Gasteiger partial charge < -0.3 is 5.32 Å². The second-order valence-corrected chi connectivity index (χ2v) is 4.79. The highest BCUT2D eigenvalue weighted by atomic mass is 35.5. The van der Waals surface area contributed by atoms with Crippen molar-refractivity contribution < 1.29 is 4.79 Å². The highest BCUT2D eigenvalue weighted by Gasteiger charge is 2.01. The molecule has 2 aromatic rings. The van der Waals surface area contributed by atoms with Crippen LogP contribution in [0.5, 0.6) is 0 Å². The van der Waals surface area contributed by atoms with Crippen LogP contribution in [0, 0.1) is 0 Å². The van der Waals surface area contributed by atoms with E-state index in [0.717, 1.165) is 11.4 Å². The quantitative estimate of drug-likeness (QED) is 0.807. The van der Waals surface area contributed by atoms with Gasteiger partial charge in [-0.05, 0) is 49.4 Å². The van der Waals surface area contributed by atoms with E-state index in [9.17, 15) is 4.79 Å². The van der Waals surface area contributed by atoms with E-state index in [-0.39, 0.29) is 5.78 Å². The second-order valence-electron chi connectivity index (χ2n) is 3.92. The van der Waals surface area contributed by atoms with Crippen molar-refractivity contribution in [3.63, 3.8) is 0 Å². The molecule has 2 rings (SSSR count). The smallest absolute Gasteiger partial charge is 0.159 e. The predicted molar refractivity (Wildman–Crippen MR) is 76.2 cm³/mol. The Hall–Kier alpha value is -1.51. The molecule has 0 spiro atoms. The molecule has 1 N–H and O–H groups in total. The fraction of sp³-hybridized carbons (Fsp3) is 0.0714. The van der Waals surface area contributed by atoms with E-state index >= 15 is 0 Å². The molecule has 18 heavy (non-hydrogen) atoms. The summed E-state index contributed by atoms with van der Waals surface area (Å²) in [5.41, 5.74) is 2.37. The van der Waals surface area contributed by atoms with Gasteiger partial charge in [0.15, 0.2) is 5.78 Å². The maximum absolute atomic E-state index is 11.1. The van der Waals surface area contributed by atoms with Crippen molar-refractivity contribution in [2.75, 3.05) is 5.32 Å². The summed E-state index contributed by atoms with van der Waals surface area (Å²) in [5.74, 6) is 0.0485. The number of benzene rings is 2. The van der Waals surface area contributed by atoms with Gasteiger partial charge in [-0.25, -0.2) is 0 Å². The van der Waals surface area contributed by atoms with Gasteiger partial charge in [0.2, 0.25) is 0 Å². The Labute approximate surface area is 116 Å². The second kappa shape index (κ2) is 5.42. The number of carbonyl (C=O) groups is 1. The van der Waals surface area contributed by atoms with Crippen LogP contribution < -0.4 is 5.32 Å². The van der Waals surface area contributed by atoms with Crippen LogP contribution in [0.3, 0.4) is 0 Å². The normalized spacial score (nSPS) is 10.2. The fourth-order valence-corrected chi connectivity index (χ4v) is 2.11. The van der Waals surface area contributed by atoms with E-state index < -0.39 is 0 Å². The molecule has 92 valence electrons. The van der Waals surface area contributed by atoms with E-state index in [2.05, 4.69) is 5.32 Å². The molecule has 2 nitrogen and oxygen atoms in total. The van der Waals surface area contributed by atoms with Crippen molar-refractivity contribution in [2.45, 2.75) is 6.92 Å². The third-order valence-electron chi connectivity index (χ3n) is 2.44. The molecule has 0 aliphatic heterocycles. The molecular formula is C14H11Cl2NO. The summed E-state index contributed by atoms with van der Waals surface area (Å²) in [4.78, 5) is 11.1. The minimum atomic E-state index is 0.0485. The van der Waals surface area contributed by atoms with Crippen molar-refractivity contribution in [1.82, 2.24) is 0 Å². The highest BCUT2D eigenvalue weighted by molar-refractivity contribution is 6.35. The average Bonchev–Trinajstić information content (AvgIpc) is 2.28. The molecular weight excluding hydrogens is 269 g/mol. The number of anilines is 2. The largest absolute Gasteiger partial charge is 0.355 e. The molecule has 0 aliphatic rings. The van der Waals surface area contributed by atoms with E-state index in [1.165, 1.54) is 0 Å². The number of hydrogen-bond acceptors (Lipinski definition) is 2. The molecule has 0 unspecified atom stereocenters. The summed E-state index contributed by atoms with van der Waals surface area (Å²) in [7, 11) is 0. The van der Waals surface area contributed by atoms with E-state index in [1.54, 1.807) is 37.3 Å². The number of halogens is 2. The van der Waals surface area contributed by atoms with Gasteiger partial charge in [0, 0.05) is 27.0 Å². The Kier molecular flexibility index (Phi) is 3.90. The SMILES string of the molecule is CC(=O)c1ccc(Nc2cc(Cl)cc(Cl)c2)cc1. The van der Waals surface area contributed by atoms with Crippen LogP contribution >= 0.6 is 23.2 Å². The Bertz CT molecular complexity index is 559. The molecule has 0 fully saturated rings. The first kappa shape index (κ1) is 12.9. The highest BCUT2D eigenvalue weighted by Crippen LogP contribution is 2.25. The zero-order valence-corrected chi connectivity index (χ0v) is 11.2. The number of rotatable bonds is 3. The lowest BCUT2D eigenvalue weighted by Gasteiger charge is -2.08. The van der Waals surface area contributed by atoms with Gasteiger partial charge >= 0.3 is 0 Å². The zero-order chi connectivity index (χ0) is 13.1. The van der Waals surface area contributed by atoms with Crippen LogP contribution in [0.4, 0.5) is 11.4 Å². The first-order chi connectivity index (χ1) is 8.54. The number of Topliss-reactive ketones (excluding diaryl/α,β-unsaturated/α-hetero) is 1. The summed E-state index contributed by atoms with van der Waals surface area (Å²) >= 11 is 11.8. The van der Waals surface area contributed by atoms with Crippen LogP contribution in [0.25, 0.3) is 0 Å². The summed E-state index contributed by atoms with van der Waals surface area (Å²) in [6.07, 6.45) is 0. The molecule has 0 heterocycles. The minimum absolute atomic E-state index is 0.0485. The van der Waals surface area contributed by atoms with E-state index in [4.69, 9.17) is 23.2 Å². The molecule has 0 bridgehead atoms. The van der Waals surface area contributed by atoms with Gasteiger partial charge in [-0.15, -0.1) is 0 Å². The van der Waals surface area contributed by atoms with Crippen LogP contribution in [0.2, 0.25) is 10.0 Å². The van der Waals surface area contributed by atoms with Crippen molar-refractivity contribution >= 4 is 40.4 Å². The van der Waals surface area contributed by atoms with Crippen molar-refractivity contribution in [1.29, 1.82) is 0 Å². The number of carbonyl (C=O) groups excluding carboxylic acids is 1. The monoisotopic (exact) mass is 279 g/mol. The first-order valence-electron chi connectivity index (χ1n) is 5.39. The Morgan fingerprint density at radius 3 is 2.00 bits per heavy atom. The molecule has 0 saturated carbocycles. The summed E-state index contributed by atoms with van der Waals surface area (Å²) in [6, 6.07) is 12.5. The number of hydrogen-bond donors (Lipinski definition) is 1. The van der Waals surface area contributed by atoms with Crippen molar-refractivity contribution in [3.8, 4) is 0 Å². The van der Waals surface area contributed by atoms with Crippen LogP contribution in [-0.2, 0) is 0 Å². The van der Waals surface area contributed by atoms with Gasteiger partial charge in [-0.1, -0.05) is 23.2 Å². The Morgan fingerprint density at radius 2 is 1.50 bits per heavy atom. The van der Waals surface area contributed by atoms with Gasteiger partial charge in [-0.2, -0.15) is 0 Å². The number of nitrogens with one attached hydrogen (secondary N) is 1. The van der Waals surface area contributed by atoms with E-state index in [0.29, 0.717) is 15.6 Å². The third-order valence-corrected chi connectivity index (χ3v) is 2.88. The topological polar surface area (TPSA) is 29.1 Å². The van der Waals surface area contributed by atoms with Gasteiger partial charge in [0.1, 0.15) is 0 Å². The summed E-state index contributed by atoms with van der Waals surface area (Å²) < 4.78 is 0. The molecule has 0 aromatic heterocycles. The molecule has 0 amide bonds.